The van der Waals surface area contributed by atoms with Crippen molar-refractivity contribution in [2.45, 2.75) is 38.3 Å². The number of hydrogen-bond acceptors (Lipinski definition) is 3. The smallest absolute Gasteiger partial charge is 0.0572 e. The highest BCUT2D eigenvalue weighted by molar-refractivity contribution is 5.08. The Kier molecular flexibility index (Phi) is 3.91. The molecule has 16 heavy (non-hydrogen) atoms. The highest BCUT2D eigenvalue weighted by Gasteiger charge is 2.26. The van der Waals surface area contributed by atoms with Crippen LogP contribution in [0.25, 0.3) is 0 Å². The van der Waals surface area contributed by atoms with Crippen molar-refractivity contribution in [1.29, 1.82) is 0 Å². The van der Waals surface area contributed by atoms with E-state index in [2.05, 4.69) is 28.9 Å². The number of nitrogens with zero attached hydrogens (tertiary/aromatic N) is 2. The molecular weight excluding hydrogens is 198 g/mol. The first-order valence-corrected chi connectivity index (χ1v) is 6.19. The first-order chi connectivity index (χ1) is 7.83. The lowest BCUT2D eigenvalue weighted by atomic mass is 9.99. The molecule has 0 saturated carbocycles. The molecule has 0 aliphatic carbocycles. The predicted molar refractivity (Wildman–Crippen MR) is 66.1 cm³/mol. The highest BCUT2D eigenvalue weighted by Crippen LogP contribution is 2.26. The van der Waals surface area contributed by atoms with Gasteiger partial charge in [-0.25, -0.2) is 0 Å². The molecule has 1 aliphatic heterocycles. The van der Waals surface area contributed by atoms with Crippen LogP contribution >= 0.6 is 0 Å². The summed E-state index contributed by atoms with van der Waals surface area (Å²) in [5, 5.41) is 0. The van der Waals surface area contributed by atoms with Crippen LogP contribution in [0.15, 0.2) is 24.4 Å². The van der Waals surface area contributed by atoms with E-state index in [0.29, 0.717) is 12.1 Å². The monoisotopic (exact) mass is 219 g/mol. The van der Waals surface area contributed by atoms with Crippen molar-refractivity contribution in [3.8, 4) is 0 Å². The summed E-state index contributed by atoms with van der Waals surface area (Å²) >= 11 is 0. The number of hydrogen-bond donors (Lipinski definition) is 1. The maximum Gasteiger partial charge on any atom is 0.0572 e. The van der Waals surface area contributed by atoms with Crippen LogP contribution in [0, 0.1) is 0 Å². The second kappa shape index (κ2) is 5.41. The van der Waals surface area contributed by atoms with Gasteiger partial charge in [0.2, 0.25) is 0 Å². The summed E-state index contributed by atoms with van der Waals surface area (Å²) in [4.78, 5) is 6.95. The Labute approximate surface area is 97.7 Å². The van der Waals surface area contributed by atoms with Gasteiger partial charge < -0.3 is 5.73 Å². The fraction of sp³-hybridized carbons (Fsp3) is 0.615. The largest absolute Gasteiger partial charge is 0.329 e. The summed E-state index contributed by atoms with van der Waals surface area (Å²) in [5.74, 6) is 0. The molecule has 2 N–H and O–H groups in total. The average molecular weight is 219 g/mol. The van der Waals surface area contributed by atoms with E-state index in [1.165, 1.54) is 19.3 Å². The van der Waals surface area contributed by atoms with Crippen molar-refractivity contribution in [2.75, 3.05) is 13.1 Å². The third-order valence-corrected chi connectivity index (χ3v) is 3.56. The lowest BCUT2D eigenvalue weighted by molar-refractivity contribution is 0.106. The molecule has 0 bridgehead atoms. The van der Waals surface area contributed by atoms with Crippen molar-refractivity contribution in [3.05, 3.63) is 30.1 Å². The highest BCUT2D eigenvalue weighted by atomic mass is 15.2. The average Bonchev–Trinajstić information content (AvgIpc) is 2.39. The minimum atomic E-state index is 0.384. The molecule has 0 aromatic carbocycles. The summed E-state index contributed by atoms with van der Waals surface area (Å²) in [6.45, 7) is 4.15. The van der Waals surface area contributed by atoms with Gasteiger partial charge >= 0.3 is 0 Å². The summed E-state index contributed by atoms with van der Waals surface area (Å²) < 4.78 is 0. The van der Waals surface area contributed by atoms with Crippen LogP contribution in [0.2, 0.25) is 0 Å². The van der Waals surface area contributed by atoms with Gasteiger partial charge in [0.25, 0.3) is 0 Å². The molecule has 2 unspecified atom stereocenters. The third kappa shape index (κ3) is 2.42. The number of piperidine rings is 1. The predicted octanol–water partition coefficient (Wildman–Crippen LogP) is 1.96. The van der Waals surface area contributed by atoms with Crippen molar-refractivity contribution in [1.82, 2.24) is 9.88 Å². The lowest BCUT2D eigenvalue weighted by Crippen LogP contribution is -2.45. The van der Waals surface area contributed by atoms with E-state index in [1.807, 2.05) is 12.3 Å². The maximum atomic E-state index is 5.85. The zero-order valence-electron chi connectivity index (χ0n) is 9.97. The molecule has 0 spiro atoms. The zero-order chi connectivity index (χ0) is 11.4. The van der Waals surface area contributed by atoms with E-state index in [0.717, 1.165) is 18.8 Å². The second-order valence-corrected chi connectivity index (χ2v) is 4.55. The first kappa shape index (κ1) is 11.6. The summed E-state index contributed by atoms with van der Waals surface area (Å²) in [6, 6.07) is 7.04. The van der Waals surface area contributed by atoms with Crippen LogP contribution in [-0.4, -0.2) is 29.0 Å². The van der Waals surface area contributed by atoms with Crippen molar-refractivity contribution < 1.29 is 0 Å². The van der Waals surface area contributed by atoms with E-state index in [-0.39, 0.29) is 0 Å². The zero-order valence-corrected chi connectivity index (χ0v) is 9.97. The van der Waals surface area contributed by atoms with Gasteiger partial charge in [-0.3, -0.25) is 9.88 Å². The normalized spacial score (nSPS) is 24.2. The van der Waals surface area contributed by atoms with Crippen LogP contribution in [0.4, 0.5) is 0 Å². The molecule has 1 aromatic rings. The minimum absolute atomic E-state index is 0.384. The van der Waals surface area contributed by atoms with Crippen molar-refractivity contribution in [3.63, 3.8) is 0 Å². The number of aromatic nitrogens is 1. The molecular formula is C13H21N3. The SMILES string of the molecule is CC(c1ccccn1)N1CCCCC1CN. The molecule has 3 nitrogen and oxygen atoms in total. The topological polar surface area (TPSA) is 42.2 Å². The van der Waals surface area contributed by atoms with Gasteiger partial charge in [0.15, 0.2) is 0 Å². The first-order valence-electron chi connectivity index (χ1n) is 6.19. The summed E-state index contributed by atoms with van der Waals surface area (Å²) in [6.07, 6.45) is 5.70. The molecule has 0 amide bonds. The van der Waals surface area contributed by atoms with E-state index >= 15 is 0 Å². The minimum Gasteiger partial charge on any atom is -0.329 e. The van der Waals surface area contributed by atoms with E-state index < -0.39 is 0 Å². The molecule has 1 fully saturated rings. The van der Waals surface area contributed by atoms with Gasteiger partial charge in [-0.2, -0.15) is 0 Å². The van der Waals surface area contributed by atoms with Crippen LogP contribution in [-0.2, 0) is 0 Å². The molecule has 88 valence electrons. The fourth-order valence-corrected chi connectivity index (χ4v) is 2.58. The van der Waals surface area contributed by atoms with Crippen LogP contribution in [0.1, 0.15) is 37.9 Å². The van der Waals surface area contributed by atoms with Crippen molar-refractivity contribution in [2.24, 2.45) is 5.73 Å². The molecule has 2 heterocycles. The van der Waals surface area contributed by atoms with Crippen LogP contribution in [0.3, 0.4) is 0 Å². The maximum absolute atomic E-state index is 5.85. The molecule has 1 saturated heterocycles. The third-order valence-electron chi connectivity index (χ3n) is 3.56. The molecule has 0 radical (unpaired) electrons. The van der Waals surface area contributed by atoms with Gasteiger partial charge in [0.05, 0.1) is 5.69 Å². The fourth-order valence-electron chi connectivity index (χ4n) is 2.58. The molecule has 1 aliphatic rings. The van der Waals surface area contributed by atoms with Crippen molar-refractivity contribution >= 4 is 0 Å². The second-order valence-electron chi connectivity index (χ2n) is 4.55. The standard InChI is InChI=1S/C13H21N3/c1-11(13-7-2-4-8-15-13)16-9-5-3-6-12(16)10-14/h2,4,7-8,11-12H,3,5-6,9-10,14H2,1H3. The summed E-state index contributed by atoms with van der Waals surface area (Å²) in [5.41, 5.74) is 7.00. The quantitative estimate of drug-likeness (QED) is 0.845. The Morgan fingerprint density at radius 3 is 3.06 bits per heavy atom. The Morgan fingerprint density at radius 1 is 1.50 bits per heavy atom. The van der Waals surface area contributed by atoms with Crippen LogP contribution < -0.4 is 5.73 Å². The van der Waals surface area contributed by atoms with Gasteiger partial charge in [-0.05, 0) is 38.4 Å². The van der Waals surface area contributed by atoms with Crippen LogP contribution in [0.5, 0.6) is 0 Å². The Balaban J connectivity index is 2.10. The number of likely N-dealkylation sites (tertiary alicyclic amines) is 1. The van der Waals surface area contributed by atoms with E-state index in [1.54, 1.807) is 0 Å². The van der Waals surface area contributed by atoms with Gasteiger partial charge in [-0.1, -0.05) is 12.5 Å². The Bertz CT molecular complexity index is 312. The van der Waals surface area contributed by atoms with E-state index in [9.17, 15) is 0 Å². The summed E-state index contributed by atoms with van der Waals surface area (Å²) in [7, 11) is 0. The Morgan fingerprint density at radius 2 is 2.38 bits per heavy atom. The van der Waals surface area contributed by atoms with Gasteiger partial charge in [-0.15, -0.1) is 0 Å². The van der Waals surface area contributed by atoms with E-state index in [4.69, 9.17) is 5.73 Å². The number of rotatable bonds is 3. The molecule has 2 atom stereocenters. The van der Waals surface area contributed by atoms with Gasteiger partial charge in [0, 0.05) is 24.8 Å². The molecule has 2 rings (SSSR count). The lowest BCUT2D eigenvalue weighted by Gasteiger charge is -2.39. The molecule has 1 aromatic heterocycles. The molecule has 3 heteroatoms. The number of nitrogens with two attached hydrogens (primary N) is 1. The Hall–Kier alpha value is -0.930. The number of pyridine rings is 1. The van der Waals surface area contributed by atoms with Gasteiger partial charge in [0.1, 0.15) is 0 Å².